The van der Waals surface area contributed by atoms with Crippen molar-refractivity contribution in [3.8, 4) is 5.75 Å². The lowest BCUT2D eigenvalue weighted by Crippen LogP contribution is -2.46. The molecule has 0 radical (unpaired) electrons. The van der Waals surface area contributed by atoms with Gasteiger partial charge in [-0.1, -0.05) is 19.1 Å². The molecule has 8 nitrogen and oxygen atoms in total. The van der Waals surface area contributed by atoms with Crippen LogP contribution in [-0.4, -0.2) is 34.1 Å². The minimum atomic E-state index is -0.617. The summed E-state index contributed by atoms with van der Waals surface area (Å²) < 4.78 is 6.69. The van der Waals surface area contributed by atoms with Crippen LogP contribution in [0.15, 0.2) is 41.5 Å². The minimum absolute atomic E-state index is 0.0289. The molecule has 1 N–H and O–H groups in total. The SMILES string of the molecule is CCc1cc2c(=O)n(NC(=O)CCN3C(=O)C(C)Oc4ccccc43)cnc2s1. The molecule has 9 heteroatoms. The summed E-state index contributed by atoms with van der Waals surface area (Å²) in [6.07, 6.45) is 1.55. The highest BCUT2D eigenvalue weighted by atomic mass is 32.1. The molecule has 0 bridgehead atoms. The molecule has 0 fully saturated rings. The van der Waals surface area contributed by atoms with Gasteiger partial charge in [-0.3, -0.25) is 19.8 Å². The van der Waals surface area contributed by atoms with Crippen molar-refractivity contribution in [3.63, 3.8) is 0 Å². The Bertz CT molecular complexity index is 1150. The van der Waals surface area contributed by atoms with E-state index in [-0.39, 0.29) is 30.3 Å². The Morgan fingerprint density at radius 3 is 2.90 bits per heavy atom. The van der Waals surface area contributed by atoms with Gasteiger partial charge in [-0.25, -0.2) is 9.66 Å². The zero-order valence-corrected chi connectivity index (χ0v) is 16.9. The predicted molar refractivity (Wildman–Crippen MR) is 111 cm³/mol. The van der Waals surface area contributed by atoms with Crippen molar-refractivity contribution in [2.24, 2.45) is 0 Å². The van der Waals surface area contributed by atoms with Crippen molar-refractivity contribution in [1.82, 2.24) is 9.66 Å². The van der Waals surface area contributed by atoms with Crippen LogP contribution in [-0.2, 0) is 16.0 Å². The van der Waals surface area contributed by atoms with Gasteiger partial charge in [0.25, 0.3) is 11.5 Å². The molecule has 1 aliphatic rings. The minimum Gasteiger partial charge on any atom is -0.479 e. The van der Waals surface area contributed by atoms with E-state index in [1.807, 2.05) is 25.1 Å². The van der Waals surface area contributed by atoms with Crippen molar-refractivity contribution in [1.29, 1.82) is 0 Å². The molecule has 0 saturated carbocycles. The normalized spacial score (nSPS) is 15.9. The van der Waals surface area contributed by atoms with E-state index in [0.29, 0.717) is 21.7 Å². The third-order valence-electron chi connectivity index (χ3n) is 4.73. The molecule has 0 spiro atoms. The molecule has 0 aliphatic carbocycles. The molecule has 2 aromatic heterocycles. The number of hydrogen-bond donors (Lipinski definition) is 1. The molecule has 1 unspecified atom stereocenters. The molecule has 1 aromatic carbocycles. The van der Waals surface area contributed by atoms with E-state index in [0.717, 1.165) is 16.0 Å². The van der Waals surface area contributed by atoms with E-state index in [4.69, 9.17) is 4.74 Å². The number of thiophene rings is 1. The molecule has 1 aliphatic heterocycles. The van der Waals surface area contributed by atoms with E-state index in [1.165, 1.54) is 17.7 Å². The van der Waals surface area contributed by atoms with Crippen LogP contribution in [0.1, 0.15) is 25.1 Å². The summed E-state index contributed by atoms with van der Waals surface area (Å²) in [5, 5.41) is 0.487. The second-order valence-corrected chi connectivity index (χ2v) is 7.82. The smallest absolute Gasteiger partial charge is 0.280 e. The van der Waals surface area contributed by atoms with Crippen LogP contribution in [0.3, 0.4) is 0 Å². The van der Waals surface area contributed by atoms with Gasteiger partial charge >= 0.3 is 0 Å². The van der Waals surface area contributed by atoms with Gasteiger partial charge in [0.1, 0.15) is 16.9 Å². The Hall–Kier alpha value is -3.20. The summed E-state index contributed by atoms with van der Waals surface area (Å²) in [4.78, 5) is 45.0. The molecular weight excluding hydrogens is 392 g/mol. The molecule has 29 heavy (non-hydrogen) atoms. The number of aryl methyl sites for hydroxylation is 1. The molecular formula is C20H20N4O4S. The maximum absolute atomic E-state index is 12.6. The summed E-state index contributed by atoms with van der Waals surface area (Å²) in [5.41, 5.74) is 2.87. The van der Waals surface area contributed by atoms with Crippen LogP contribution < -0.4 is 20.6 Å². The van der Waals surface area contributed by atoms with Gasteiger partial charge in [-0.2, -0.15) is 0 Å². The molecule has 150 valence electrons. The number of para-hydroxylation sites is 2. The van der Waals surface area contributed by atoms with Crippen LogP contribution in [0, 0.1) is 0 Å². The number of anilines is 1. The summed E-state index contributed by atoms with van der Waals surface area (Å²) in [6, 6.07) is 9.02. The highest BCUT2D eigenvalue weighted by Gasteiger charge is 2.31. The van der Waals surface area contributed by atoms with Gasteiger partial charge in [0, 0.05) is 17.8 Å². The van der Waals surface area contributed by atoms with Gasteiger partial charge in [0.15, 0.2) is 6.10 Å². The molecule has 3 aromatic rings. The third kappa shape index (κ3) is 3.61. The number of carbonyl (C=O) groups is 2. The Labute approximate surface area is 170 Å². The standard InChI is InChI=1S/C20H20N4O4S/c1-3-13-10-14-18(29-13)21-11-24(20(14)27)22-17(25)8-9-23-15-6-4-5-7-16(15)28-12(2)19(23)26/h4-7,10-12H,3,8-9H2,1-2H3,(H,22,25). The fourth-order valence-corrected chi connectivity index (χ4v) is 4.15. The second kappa shape index (κ2) is 7.67. The number of fused-ring (bicyclic) bond motifs is 2. The second-order valence-electron chi connectivity index (χ2n) is 6.71. The average Bonchev–Trinajstić information content (AvgIpc) is 3.15. The lowest BCUT2D eigenvalue weighted by atomic mass is 10.1. The summed E-state index contributed by atoms with van der Waals surface area (Å²) in [6.45, 7) is 3.87. The lowest BCUT2D eigenvalue weighted by molar-refractivity contribution is -0.125. The Morgan fingerprint density at radius 1 is 1.31 bits per heavy atom. The van der Waals surface area contributed by atoms with Gasteiger partial charge < -0.3 is 9.64 Å². The van der Waals surface area contributed by atoms with E-state index in [9.17, 15) is 14.4 Å². The Kier molecular flexibility index (Phi) is 5.06. The molecule has 4 rings (SSSR count). The first-order valence-electron chi connectivity index (χ1n) is 9.35. The van der Waals surface area contributed by atoms with Crippen LogP contribution in [0.25, 0.3) is 10.2 Å². The topological polar surface area (TPSA) is 93.5 Å². The van der Waals surface area contributed by atoms with Crippen molar-refractivity contribution in [2.75, 3.05) is 16.9 Å². The molecule has 3 heterocycles. The average molecular weight is 412 g/mol. The predicted octanol–water partition coefficient (Wildman–Crippen LogP) is 2.29. The van der Waals surface area contributed by atoms with Crippen molar-refractivity contribution in [3.05, 3.63) is 51.9 Å². The van der Waals surface area contributed by atoms with E-state index in [2.05, 4.69) is 10.4 Å². The number of rotatable bonds is 5. The van der Waals surface area contributed by atoms with Gasteiger partial charge in [0.05, 0.1) is 11.1 Å². The first kappa shape index (κ1) is 19.1. The number of hydrogen-bond acceptors (Lipinski definition) is 6. The maximum atomic E-state index is 12.6. The number of amides is 2. The summed E-state index contributed by atoms with van der Waals surface area (Å²) in [7, 11) is 0. The maximum Gasteiger partial charge on any atom is 0.280 e. The Morgan fingerprint density at radius 2 is 2.10 bits per heavy atom. The quantitative estimate of drug-likeness (QED) is 0.694. The van der Waals surface area contributed by atoms with Crippen LogP contribution >= 0.6 is 11.3 Å². The fraction of sp³-hybridized carbons (Fsp3) is 0.300. The summed E-state index contributed by atoms with van der Waals surface area (Å²) in [5.74, 6) is 0.0146. The van der Waals surface area contributed by atoms with Gasteiger partial charge in [-0.15, -0.1) is 11.3 Å². The largest absolute Gasteiger partial charge is 0.479 e. The zero-order chi connectivity index (χ0) is 20.5. The van der Waals surface area contributed by atoms with Gasteiger partial charge in [0.2, 0.25) is 5.91 Å². The fourth-order valence-electron chi connectivity index (χ4n) is 3.22. The van der Waals surface area contributed by atoms with Crippen molar-refractivity contribution < 1.29 is 14.3 Å². The van der Waals surface area contributed by atoms with Crippen molar-refractivity contribution in [2.45, 2.75) is 32.8 Å². The number of benzene rings is 1. The number of aromatic nitrogens is 2. The lowest BCUT2D eigenvalue weighted by Gasteiger charge is -2.32. The number of nitrogens with zero attached hydrogens (tertiary/aromatic N) is 3. The third-order valence-corrected chi connectivity index (χ3v) is 5.92. The highest BCUT2D eigenvalue weighted by Crippen LogP contribution is 2.33. The number of carbonyl (C=O) groups excluding carboxylic acids is 2. The highest BCUT2D eigenvalue weighted by molar-refractivity contribution is 7.18. The van der Waals surface area contributed by atoms with Crippen LogP contribution in [0.2, 0.25) is 0 Å². The monoisotopic (exact) mass is 412 g/mol. The Balaban J connectivity index is 1.48. The number of nitrogens with one attached hydrogen (secondary N) is 1. The first-order chi connectivity index (χ1) is 14.0. The van der Waals surface area contributed by atoms with E-state index in [1.54, 1.807) is 24.0 Å². The molecule has 1 atom stereocenters. The van der Waals surface area contributed by atoms with Crippen LogP contribution in [0.4, 0.5) is 5.69 Å². The van der Waals surface area contributed by atoms with E-state index >= 15 is 0 Å². The summed E-state index contributed by atoms with van der Waals surface area (Å²) >= 11 is 1.47. The van der Waals surface area contributed by atoms with Gasteiger partial charge in [-0.05, 0) is 31.5 Å². The molecule has 2 amide bonds. The van der Waals surface area contributed by atoms with Crippen LogP contribution in [0.5, 0.6) is 5.75 Å². The van der Waals surface area contributed by atoms with Crippen molar-refractivity contribution >= 4 is 39.1 Å². The number of ether oxygens (including phenoxy) is 1. The first-order valence-corrected chi connectivity index (χ1v) is 10.2. The molecule has 0 saturated heterocycles. The van der Waals surface area contributed by atoms with E-state index < -0.39 is 6.10 Å². The zero-order valence-electron chi connectivity index (χ0n) is 16.0.